The number of carbonyl (C=O) groups excluding carboxylic acids is 1. The molecule has 0 aliphatic heterocycles. The van der Waals surface area contributed by atoms with Gasteiger partial charge in [0.1, 0.15) is 0 Å². The maximum absolute atomic E-state index is 13.4. The number of hydrogen-bond donors (Lipinski definition) is 0. The van der Waals surface area contributed by atoms with Crippen molar-refractivity contribution in [1.82, 2.24) is 0 Å². The summed E-state index contributed by atoms with van der Waals surface area (Å²) in [7, 11) is 0. The van der Waals surface area contributed by atoms with E-state index in [1.54, 1.807) is 0 Å². The summed E-state index contributed by atoms with van der Waals surface area (Å²) in [6.07, 6.45) is 14.8. The van der Waals surface area contributed by atoms with Crippen LogP contribution in [0.1, 0.15) is 91.0 Å². The van der Waals surface area contributed by atoms with Gasteiger partial charge in [-0.25, -0.2) is 0 Å². The molecule has 0 bridgehead atoms. The van der Waals surface area contributed by atoms with E-state index in [0.29, 0.717) is 5.78 Å². The van der Waals surface area contributed by atoms with Gasteiger partial charge in [-0.3, -0.25) is 0 Å². The molecule has 0 fully saturated rings. The number of carbonyl (C=O) groups is 1. The fourth-order valence-electron chi connectivity index (χ4n) is 4.53. The first kappa shape index (κ1) is 27.2. The first-order valence-corrected chi connectivity index (χ1v) is 20.0. The molecule has 0 saturated carbocycles. The standard InChI is InChI=1S/C16H19O.3C4H9.Sn/c1-3-5-11-15(4-2)16(17)13-12-14-9-7-6-8-10-14;3*1-3-4-2;/h6-10,12-13,15H,2-3,5,11H2,1H3;3*1,3-4H2,2H3;. The van der Waals surface area contributed by atoms with E-state index in [1.807, 2.05) is 30.4 Å². The summed E-state index contributed by atoms with van der Waals surface area (Å²) in [6, 6.07) is 10.2. The molecular formula is C28H46OSn. The zero-order valence-corrected chi connectivity index (χ0v) is 23.1. The first-order chi connectivity index (χ1) is 14.5. The molecule has 0 heterocycles. The van der Waals surface area contributed by atoms with Crippen LogP contribution in [-0.4, -0.2) is 24.2 Å². The van der Waals surface area contributed by atoms with Gasteiger partial charge in [0.2, 0.25) is 0 Å². The Hall–Kier alpha value is -0.831. The summed E-state index contributed by atoms with van der Waals surface area (Å²) in [4.78, 5) is 13.4. The van der Waals surface area contributed by atoms with Crippen molar-refractivity contribution in [3.63, 3.8) is 0 Å². The number of ketones is 1. The fourth-order valence-corrected chi connectivity index (χ4v) is 21.2. The molecule has 1 nitrogen and oxygen atoms in total. The zero-order valence-electron chi connectivity index (χ0n) is 20.2. The Morgan fingerprint density at radius 2 is 1.37 bits per heavy atom. The monoisotopic (exact) mass is 518 g/mol. The molecule has 2 heteroatoms. The summed E-state index contributed by atoms with van der Waals surface area (Å²) in [6.45, 7) is 13.9. The van der Waals surface area contributed by atoms with Crippen molar-refractivity contribution in [3.05, 3.63) is 52.1 Å². The summed E-state index contributed by atoms with van der Waals surface area (Å²) >= 11 is -2.63. The summed E-state index contributed by atoms with van der Waals surface area (Å²) in [5, 5.41) is 0. The Morgan fingerprint density at radius 1 is 0.867 bits per heavy atom. The predicted molar refractivity (Wildman–Crippen MR) is 138 cm³/mol. The molecule has 0 radical (unpaired) electrons. The van der Waals surface area contributed by atoms with E-state index in [-0.39, 0.29) is 5.92 Å². The molecule has 0 aliphatic rings. The van der Waals surface area contributed by atoms with Crippen molar-refractivity contribution in [1.29, 1.82) is 0 Å². The molecule has 0 aromatic heterocycles. The predicted octanol–water partition coefficient (Wildman–Crippen LogP) is 9.02. The van der Waals surface area contributed by atoms with Gasteiger partial charge in [0.25, 0.3) is 0 Å². The van der Waals surface area contributed by atoms with Crippen LogP contribution < -0.4 is 0 Å². The van der Waals surface area contributed by atoms with E-state index in [2.05, 4.69) is 39.8 Å². The van der Waals surface area contributed by atoms with Crippen molar-refractivity contribution in [2.75, 3.05) is 0 Å². The fraction of sp³-hybridized carbons (Fsp3) is 0.607. The van der Waals surface area contributed by atoms with Gasteiger partial charge >= 0.3 is 192 Å². The molecule has 0 amide bonds. The van der Waals surface area contributed by atoms with Gasteiger partial charge in [-0.1, -0.05) is 0 Å². The molecule has 1 aromatic carbocycles. The second-order valence-electron chi connectivity index (χ2n) is 8.96. The van der Waals surface area contributed by atoms with Crippen LogP contribution in [0.25, 0.3) is 6.08 Å². The summed E-state index contributed by atoms with van der Waals surface area (Å²) < 4.78 is 5.61. The van der Waals surface area contributed by atoms with Crippen molar-refractivity contribution in [3.8, 4) is 0 Å². The average Bonchev–Trinajstić information content (AvgIpc) is 2.78. The Kier molecular flexibility index (Phi) is 14.4. The quantitative estimate of drug-likeness (QED) is 0.149. The SMILES string of the molecule is C=[C](C(CCCC)C(=O)C=Cc1ccccc1)[Sn]([CH2]CCC)([CH2]CCC)[CH2]CCC. The van der Waals surface area contributed by atoms with Gasteiger partial charge in [-0.05, 0) is 0 Å². The van der Waals surface area contributed by atoms with Crippen LogP contribution in [0.15, 0.2) is 46.6 Å². The van der Waals surface area contributed by atoms with E-state index in [0.717, 1.165) is 24.8 Å². The summed E-state index contributed by atoms with van der Waals surface area (Å²) in [5.74, 6) is 0.342. The van der Waals surface area contributed by atoms with Crippen LogP contribution in [0, 0.1) is 5.92 Å². The molecule has 0 aliphatic carbocycles. The van der Waals surface area contributed by atoms with Crippen molar-refractivity contribution < 1.29 is 4.79 Å². The third-order valence-electron chi connectivity index (χ3n) is 6.56. The number of allylic oxidation sites excluding steroid dienone is 2. The molecule has 0 N–H and O–H groups in total. The van der Waals surface area contributed by atoms with E-state index >= 15 is 0 Å². The minimum absolute atomic E-state index is 0.0475. The molecular weight excluding hydrogens is 471 g/mol. The molecule has 168 valence electrons. The van der Waals surface area contributed by atoms with Crippen molar-refractivity contribution >= 4 is 30.2 Å². The number of rotatable bonds is 17. The van der Waals surface area contributed by atoms with Gasteiger partial charge in [0.15, 0.2) is 0 Å². The van der Waals surface area contributed by atoms with Gasteiger partial charge in [-0.2, -0.15) is 0 Å². The third-order valence-corrected chi connectivity index (χ3v) is 22.7. The van der Waals surface area contributed by atoms with Crippen LogP contribution in [0.2, 0.25) is 13.3 Å². The maximum atomic E-state index is 13.4. The Labute approximate surface area is 191 Å². The van der Waals surface area contributed by atoms with Gasteiger partial charge in [-0.15, -0.1) is 0 Å². The third kappa shape index (κ3) is 9.12. The second kappa shape index (κ2) is 15.9. The van der Waals surface area contributed by atoms with Crippen LogP contribution in [0.4, 0.5) is 0 Å². The number of benzene rings is 1. The second-order valence-corrected chi connectivity index (χ2v) is 22.4. The van der Waals surface area contributed by atoms with Crippen LogP contribution in [-0.2, 0) is 4.79 Å². The normalized spacial score (nSPS) is 12.9. The van der Waals surface area contributed by atoms with Crippen LogP contribution in [0.5, 0.6) is 0 Å². The molecule has 1 atom stereocenters. The van der Waals surface area contributed by atoms with Crippen LogP contribution in [0.3, 0.4) is 0 Å². The molecule has 0 saturated heterocycles. The molecule has 30 heavy (non-hydrogen) atoms. The Morgan fingerprint density at radius 3 is 1.83 bits per heavy atom. The van der Waals surface area contributed by atoms with Gasteiger partial charge in [0, 0.05) is 0 Å². The molecule has 1 rings (SSSR count). The van der Waals surface area contributed by atoms with Crippen molar-refractivity contribution in [2.24, 2.45) is 5.92 Å². The molecule has 1 unspecified atom stereocenters. The Bertz CT molecular complexity index is 610. The zero-order chi connectivity index (χ0) is 22.2. The van der Waals surface area contributed by atoms with Gasteiger partial charge < -0.3 is 0 Å². The van der Waals surface area contributed by atoms with E-state index < -0.39 is 18.4 Å². The number of hydrogen-bond acceptors (Lipinski definition) is 1. The molecule has 0 spiro atoms. The first-order valence-electron chi connectivity index (χ1n) is 12.5. The van der Waals surface area contributed by atoms with Crippen LogP contribution >= 0.6 is 0 Å². The Balaban J connectivity index is 3.18. The minimum atomic E-state index is -2.63. The van der Waals surface area contributed by atoms with Gasteiger partial charge in [0.05, 0.1) is 0 Å². The van der Waals surface area contributed by atoms with E-state index in [4.69, 9.17) is 6.58 Å². The van der Waals surface area contributed by atoms with Crippen molar-refractivity contribution in [2.45, 2.75) is 98.8 Å². The molecule has 1 aromatic rings. The summed E-state index contributed by atoms with van der Waals surface area (Å²) in [5.41, 5.74) is 1.10. The van der Waals surface area contributed by atoms with E-state index in [9.17, 15) is 4.79 Å². The number of unbranched alkanes of at least 4 members (excludes halogenated alkanes) is 4. The topological polar surface area (TPSA) is 17.1 Å². The average molecular weight is 517 g/mol. The van der Waals surface area contributed by atoms with E-state index in [1.165, 1.54) is 55.4 Å².